The van der Waals surface area contributed by atoms with E-state index in [2.05, 4.69) is 32.4 Å². The van der Waals surface area contributed by atoms with Gasteiger partial charge in [-0.15, -0.1) is 11.3 Å². The van der Waals surface area contributed by atoms with Gasteiger partial charge in [-0.2, -0.15) is 11.3 Å². The summed E-state index contributed by atoms with van der Waals surface area (Å²) in [6.07, 6.45) is 5.97. The van der Waals surface area contributed by atoms with Crippen LogP contribution >= 0.6 is 22.7 Å². The van der Waals surface area contributed by atoms with Gasteiger partial charge in [0.05, 0.1) is 12.3 Å². The molecule has 0 fully saturated rings. The molecular weight excluding hydrogens is 426 g/mol. The summed E-state index contributed by atoms with van der Waals surface area (Å²) in [5, 5.41) is 11.9. The Morgan fingerprint density at radius 2 is 2.06 bits per heavy atom. The van der Waals surface area contributed by atoms with Gasteiger partial charge in [0.25, 0.3) is 5.91 Å². The highest BCUT2D eigenvalue weighted by molar-refractivity contribution is 7.16. The number of thiophene rings is 2. The van der Waals surface area contributed by atoms with E-state index in [1.165, 1.54) is 35.1 Å². The number of furan rings is 1. The molecule has 4 aromatic rings. The molecule has 1 atom stereocenters. The average Bonchev–Trinajstić information content (AvgIpc) is 3.53. The van der Waals surface area contributed by atoms with Gasteiger partial charge < -0.3 is 15.1 Å². The van der Waals surface area contributed by atoms with E-state index in [4.69, 9.17) is 4.42 Å². The molecule has 0 aromatic carbocycles. The lowest BCUT2D eigenvalue weighted by atomic mass is 9.90. The Bertz CT molecular complexity index is 1180. The number of fused-ring (bicyclic) bond motifs is 1. The van der Waals surface area contributed by atoms with Gasteiger partial charge in [0.15, 0.2) is 5.76 Å². The minimum atomic E-state index is -0.220. The topological polar surface area (TPSA) is 67.2 Å². The monoisotopic (exact) mass is 449 g/mol. The third-order valence-corrected chi connectivity index (χ3v) is 7.45. The SMILES string of the molecule is Cc1cccc(N[C@H](c2ccsc2)c2c(NC(=O)c3ccco3)sc3c2CCCC3)n1. The van der Waals surface area contributed by atoms with Crippen molar-refractivity contribution in [2.75, 3.05) is 10.6 Å². The number of aryl methyl sites for hydroxylation is 2. The van der Waals surface area contributed by atoms with Crippen molar-refractivity contribution < 1.29 is 9.21 Å². The molecule has 2 N–H and O–H groups in total. The highest BCUT2D eigenvalue weighted by atomic mass is 32.1. The van der Waals surface area contributed by atoms with Gasteiger partial charge in [0.1, 0.15) is 10.8 Å². The number of hydrogen-bond acceptors (Lipinski definition) is 6. The van der Waals surface area contributed by atoms with Crippen LogP contribution in [0.5, 0.6) is 0 Å². The molecule has 0 radical (unpaired) electrons. The Hall–Kier alpha value is -2.90. The van der Waals surface area contributed by atoms with Crippen LogP contribution in [0.4, 0.5) is 10.8 Å². The van der Waals surface area contributed by atoms with Crippen molar-refractivity contribution in [1.82, 2.24) is 4.98 Å². The normalized spacial score (nSPS) is 14.1. The zero-order chi connectivity index (χ0) is 21.2. The number of carbonyl (C=O) groups is 1. The molecule has 1 amide bonds. The maximum atomic E-state index is 12.8. The third kappa shape index (κ3) is 4.16. The lowest BCUT2D eigenvalue weighted by molar-refractivity contribution is 0.0997. The summed E-state index contributed by atoms with van der Waals surface area (Å²) in [6.45, 7) is 1.99. The maximum absolute atomic E-state index is 12.8. The number of pyridine rings is 1. The Balaban J connectivity index is 1.59. The molecule has 5 nitrogen and oxygen atoms in total. The molecular formula is C24H23N3O2S2. The fourth-order valence-electron chi connectivity index (χ4n) is 4.09. The van der Waals surface area contributed by atoms with Crippen LogP contribution in [-0.2, 0) is 12.8 Å². The summed E-state index contributed by atoms with van der Waals surface area (Å²) in [5.41, 5.74) is 4.66. The predicted octanol–water partition coefficient (Wildman–Crippen LogP) is 6.44. The van der Waals surface area contributed by atoms with E-state index in [1.54, 1.807) is 34.8 Å². The molecule has 0 bridgehead atoms. The largest absolute Gasteiger partial charge is 0.459 e. The van der Waals surface area contributed by atoms with E-state index >= 15 is 0 Å². The Morgan fingerprint density at radius 1 is 1.16 bits per heavy atom. The first kappa shape index (κ1) is 20.0. The van der Waals surface area contributed by atoms with Crippen LogP contribution in [0.1, 0.15) is 56.7 Å². The summed E-state index contributed by atoms with van der Waals surface area (Å²) in [4.78, 5) is 18.9. The van der Waals surface area contributed by atoms with Gasteiger partial charge in [-0.05, 0) is 84.8 Å². The molecule has 1 aliphatic carbocycles. The number of nitrogens with zero attached hydrogens (tertiary/aromatic N) is 1. The van der Waals surface area contributed by atoms with Crippen molar-refractivity contribution in [3.05, 3.63) is 86.4 Å². The van der Waals surface area contributed by atoms with Crippen LogP contribution in [0, 0.1) is 6.92 Å². The van der Waals surface area contributed by atoms with Crippen LogP contribution in [-0.4, -0.2) is 10.9 Å². The van der Waals surface area contributed by atoms with Gasteiger partial charge in [-0.25, -0.2) is 4.98 Å². The van der Waals surface area contributed by atoms with Crippen LogP contribution in [0.3, 0.4) is 0 Å². The molecule has 0 unspecified atom stereocenters. The zero-order valence-electron chi connectivity index (χ0n) is 17.2. The lowest BCUT2D eigenvalue weighted by Crippen LogP contribution is -2.18. The van der Waals surface area contributed by atoms with E-state index in [0.29, 0.717) is 5.76 Å². The van der Waals surface area contributed by atoms with Crippen LogP contribution in [0.15, 0.2) is 57.8 Å². The molecule has 0 saturated carbocycles. The molecule has 0 saturated heterocycles. The van der Waals surface area contributed by atoms with Gasteiger partial charge >= 0.3 is 0 Å². The Labute approximate surface area is 189 Å². The molecule has 5 rings (SSSR count). The summed E-state index contributed by atoms with van der Waals surface area (Å²) in [5.74, 6) is 0.926. The number of carbonyl (C=O) groups excluding carboxylic acids is 1. The number of nitrogens with one attached hydrogen (secondary N) is 2. The van der Waals surface area contributed by atoms with E-state index in [-0.39, 0.29) is 11.9 Å². The molecule has 4 aromatic heterocycles. The summed E-state index contributed by atoms with van der Waals surface area (Å²) in [6, 6.07) is 11.5. The molecule has 7 heteroatoms. The van der Waals surface area contributed by atoms with E-state index in [9.17, 15) is 4.79 Å². The average molecular weight is 450 g/mol. The maximum Gasteiger partial charge on any atom is 0.291 e. The first-order chi connectivity index (χ1) is 15.2. The molecule has 1 aliphatic rings. The molecule has 4 heterocycles. The second kappa shape index (κ2) is 8.69. The fraction of sp³-hybridized carbons (Fsp3) is 0.250. The smallest absolute Gasteiger partial charge is 0.291 e. The zero-order valence-corrected chi connectivity index (χ0v) is 18.8. The number of hydrogen-bond donors (Lipinski definition) is 2. The fourth-order valence-corrected chi connectivity index (χ4v) is 6.10. The second-order valence-electron chi connectivity index (χ2n) is 7.68. The van der Waals surface area contributed by atoms with E-state index < -0.39 is 0 Å². The van der Waals surface area contributed by atoms with Crippen molar-refractivity contribution in [2.24, 2.45) is 0 Å². The van der Waals surface area contributed by atoms with E-state index in [0.717, 1.165) is 34.9 Å². The molecule has 0 aliphatic heterocycles. The van der Waals surface area contributed by atoms with Crippen molar-refractivity contribution >= 4 is 39.4 Å². The highest BCUT2D eigenvalue weighted by Crippen LogP contribution is 2.44. The summed E-state index contributed by atoms with van der Waals surface area (Å²) < 4.78 is 5.32. The van der Waals surface area contributed by atoms with Gasteiger partial charge in [0.2, 0.25) is 0 Å². The third-order valence-electron chi connectivity index (χ3n) is 5.53. The van der Waals surface area contributed by atoms with Gasteiger partial charge in [0, 0.05) is 16.1 Å². The molecule has 158 valence electrons. The Kier molecular flexibility index (Phi) is 5.61. The minimum absolute atomic E-state index is 0.0921. The number of rotatable bonds is 6. The molecule has 31 heavy (non-hydrogen) atoms. The first-order valence-electron chi connectivity index (χ1n) is 10.4. The standard InChI is InChI=1S/C24H23N3O2S2/c1-15-6-4-10-20(25-15)26-22(16-11-13-30-14-16)21-17-7-2-3-9-19(17)31-24(21)27-23(28)18-8-5-12-29-18/h4-6,8,10-14,22H,2-3,7,9H2,1H3,(H,25,26)(H,27,28)/t22-/m1/s1. The van der Waals surface area contributed by atoms with Crippen LogP contribution in [0.25, 0.3) is 0 Å². The van der Waals surface area contributed by atoms with Crippen molar-refractivity contribution in [3.63, 3.8) is 0 Å². The lowest BCUT2D eigenvalue weighted by Gasteiger charge is -2.23. The van der Waals surface area contributed by atoms with Crippen LogP contribution < -0.4 is 10.6 Å². The number of amides is 1. The predicted molar refractivity (Wildman–Crippen MR) is 126 cm³/mol. The van der Waals surface area contributed by atoms with Crippen molar-refractivity contribution in [1.29, 1.82) is 0 Å². The van der Waals surface area contributed by atoms with Gasteiger partial charge in [-0.1, -0.05) is 6.07 Å². The second-order valence-corrected chi connectivity index (χ2v) is 9.57. The number of anilines is 2. The summed E-state index contributed by atoms with van der Waals surface area (Å²) >= 11 is 3.37. The summed E-state index contributed by atoms with van der Waals surface area (Å²) in [7, 11) is 0. The van der Waals surface area contributed by atoms with E-state index in [1.807, 2.05) is 25.1 Å². The minimum Gasteiger partial charge on any atom is -0.459 e. The highest BCUT2D eigenvalue weighted by Gasteiger charge is 2.29. The quantitative estimate of drug-likeness (QED) is 0.355. The molecule has 0 spiro atoms. The number of aromatic nitrogens is 1. The van der Waals surface area contributed by atoms with Crippen LogP contribution in [0.2, 0.25) is 0 Å². The van der Waals surface area contributed by atoms with Crippen molar-refractivity contribution in [3.8, 4) is 0 Å². The Morgan fingerprint density at radius 3 is 2.84 bits per heavy atom. The van der Waals surface area contributed by atoms with Gasteiger partial charge in [-0.3, -0.25) is 4.79 Å². The first-order valence-corrected chi connectivity index (χ1v) is 12.2. The van der Waals surface area contributed by atoms with Crippen molar-refractivity contribution in [2.45, 2.75) is 38.6 Å².